The van der Waals surface area contributed by atoms with E-state index in [0.29, 0.717) is 6.54 Å². The lowest BCUT2D eigenvalue weighted by atomic mass is 10.1. The number of quaternary nitrogens is 1. The van der Waals surface area contributed by atoms with Crippen molar-refractivity contribution in [2.75, 3.05) is 25.5 Å². The highest BCUT2D eigenvalue weighted by atomic mass is 16.4. The molecular formula is C27H33N2O3+. The summed E-state index contributed by atoms with van der Waals surface area (Å²) in [4.78, 5) is 24.3. The summed E-state index contributed by atoms with van der Waals surface area (Å²) in [5.41, 5.74) is 2.36. The largest absolute Gasteiger partial charge is 0.479 e. The van der Waals surface area contributed by atoms with Gasteiger partial charge in [-0.15, -0.1) is 0 Å². The van der Waals surface area contributed by atoms with Gasteiger partial charge in [0.15, 0.2) is 6.04 Å². The van der Waals surface area contributed by atoms with Gasteiger partial charge in [-0.25, -0.2) is 4.79 Å². The number of hydrogen-bond donors (Lipinski definition) is 3. The number of ketones is 1. The highest BCUT2D eigenvalue weighted by Crippen LogP contribution is 2.19. The Labute approximate surface area is 190 Å². The van der Waals surface area contributed by atoms with Crippen LogP contribution in [0.2, 0.25) is 0 Å². The van der Waals surface area contributed by atoms with E-state index in [0.717, 1.165) is 23.4 Å². The number of carbonyl (C=O) groups is 2. The molecule has 0 aromatic heterocycles. The number of likely N-dealkylation sites (N-methyl/N-ethyl adjacent to an activating group) is 1. The Kier molecular flexibility index (Phi) is 10.7. The third-order valence-electron chi connectivity index (χ3n) is 4.98. The molecule has 0 fully saturated rings. The van der Waals surface area contributed by atoms with Crippen LogP contribution in [0, 0.1) is 0 Å². The predicted octanol–water partition coefficient (Wildman–Crippen LogP) is 4.11. The molecular weight excluding hydrogens is 400 g/mol. The van der Waals surface area contributed by atoms with Crippen LogP contribution < -0.4 is 10.2 Å². The van der Waals surface area contributed by atoms with Crippen LogP contribution in [0.4, 0.5) is 5.69 Å². The molecule has 0 amide bonds. The minimum atomic E-state index is -0.889. The Morgan fingerprint density at radius 3 is 1.94 bits per heavy atom. The van der Waals surface area contributed by atoms with Crippen molar-refractivity contribution in [2.24, 2.45) is 0 Å². The maximum atomic E-state index is 11.8. The molecule has 32 heavy (non-hydrogen) atoms. The molecule has 0 saturated heterocycles. The van der Waals surface area contributed by atoms with Crippen molar-refractivity contribution in [1.29, 1.82) is 0 Å². The van der Waals surface area contributed by atoms with Crippen molar-refractivity contribution in [3.8, 4) is 0 Å². The fourth-order valence-corrected chi connectivity index (χ4v) is 3.20. The second kappa shape index (κ2) is 13.8. The van der Waals surface area contributed by atoms with Crippen LogP contribution in [-0.4, -0.2) is 37.0 Å². The number of aliphatic carboxylic acids is 1. The summed E-state index contributed by atoms with van der Waals surface area (Å²) in [6, 6.07) is 27.3. The average Bonchev–Trinajstić information content (AvgIpc) is 2.83. The van der Waals surface area contributed by atoms with Gasteiger partial charge in [0, 0.05) is 11.3 Å². The van der Waals surface area contributed by atoms with Gasteiger partial charge in [-0.3, -0.25) is 4.79 Å². The van der Waals surface area contributed by atoms with Crippen molar-refractivity contribution in [3.63, 3.8) is 0 Å². The molecule has 3 aromatic rings. The van der Waals surface area contributed by atoms with Crippen LogP contribution in [0.5, 0.6) is 0 Å². The maximum Gasteiger partial charge on any atom is 0.330 e. The summed E-state index contributed by atoms with van der Waals surface area (Å²) in [6.45, 7) is 3.85. The van der Waals surface area contributed by atoms with E-state index in [9.17, 15) is 14.7 Å². The van der Waals surface area contributed by atoms with Crippen LogP contribution in [0.3, 0.4) is 0 Å². The Morgan fingerprint density at radius 2 is 1.41 bits per heavy atom. The first-order valence-electron chi connectivity index (χ1n) is 11.0. The van der Waals surface area contributed by atoms with E-state index in [2.05, 4.69) is 19.3 Å². The molecule has 0 bridgehead atoms. The third-order valence-corrected chi connectivity index (χ3v) is 4.98. The Balaban J connectivity index is 0.000000229. The molecule has 168 valence electrons. The molecule has 3 rings (SSSR count). The van der Waals surface area contributed by atoms with Gasteiger partial charge >= 0.3 is 5.97 Å². The van der Waals surface area contributed by atoms with Crippen LogP contribution in [0.1, 0.15) is 41.7 Å². The topological polar surface area (TPSA) is 70.8 Å². The molecule has 5 nitrogen and oxygen atoms in total. The minimum Gasteiger partial charge on any atom is -0.479 e. The van der Waals surface area contributed by atoms with Crippen molar-refractivity contribution in [3.05, 3.63) is 102 Å². The number of nitrogens with one attached hydrogen (secondary N) is 2. The number of anilines is 1. The quantitative estimate of drug-likeness (QED) is 0.421. The molecule has 0 saturated carbocycles. The second-order valence-electron chi connectivity index (χ2n) is 7.72. The molecule has 0 heterocycles. The van der Waals surface area contributed by atoms with E-state index < -0.39 is 12.0 Å². The normalized spacial score (nSPS) is 12.1. The maximum absolute atomic E-state index is 11.8. The number of carboxylic acid groups (broad SMARTS) is 1. The van der Waals surface area contributed by atoms with Gasteiger partial charge in [-0.1, -0.05) is 92.2 Å². The van der Waals surface area contributed by atoms with E-state index in [1.165, 1.54) is 17.7 Å². The summed E-state index contributed by atoms with van der Waals surface area (Å²) < 4.78 is 0. The van der Waals surface area contributed by atoms with Crippen molar-refractivity contribution in [1.82, 2.24) is 0 Å². The van der Waals surface area contributed by atoms with Gasteiger partial charge in [0.2, 0.25) is 5.78 Å². The summed E-state index contributed by atoms with van der Waals surface area (Å²) in [6.07, 6.45) is 2.38. The third kappa shape index (κ3) is 8.74. The lowest BCUT2D eigenvalue weighted by molar-refractivity contribution is -0.870. The smallest absolute Gasteiger partial charge is 0.330 e. The lowest BCUT2D eigenvalue weighted by Gasteiger charge is -2.15. The van der Waals surface area contributed by atoms with Gasteiger partial charge < -0.3 is 15.3 Å². The van der Waals surface area contributed by atoms with Gasteiger partial charge in [-0.2, -0.15) is 0 Å². The SMILES string of the molecule is CCCC[NH+](C)CC(=O)c1ccccc1.O=C(O)C(Nc1ccccc1)c1ccccc1. The molecule has 3 aromatic carbocycles. The van der Waals surface area contributed by atoms with Crippen molar-refractivity contribution in [2.45, 2.75) is 25.8 Å². The number of rotatable bonds is 10. The first-order valence-corrected chi connectivity index (χ1v) is 11.0. The van der Waals surface area contributed by atoms with E-state index >= 15 is 0 Å². The zero-order valence-corrected chi connectivity index (χ0v) is 18.8. The fourth-order valence-electron chi connectivity index (χ4n) is 3.20. The molecule has 2 unspecified atom stereocenters. The fraction of sp³-hybridized carbons (Fsp3) is 0.259. The molecule has 0 aliphatic heterocycles. The van der Waals surface area contributed by atoms with E-state index in [1.807, 2.05) is 78.9 Å². The summed E-state index contributed by atoms with van der Waals surface area (Å²) in [5.74, 6) is -0.649. The van der Waals surface area contributed by atoms with Gasteiger partial charge in [0.1, 0.15) is 6.54 Å². The van der Waals surface area contributed by atoms with E-state index in [4.69, 9.17) is 0 Å². The zero-order chi connectivity index (χ0) is 23.2. The number of unbranched alkanes of at least 4 members (excludes halogenated alkanes) is 1. The standard InChI is InChI=1S/C14H13NO2.C13H19NO/c16-14(17)13(11-7-3-1-4-8-11)15-12-9-5-2-6-10-12;1-3-4-10-14(2)11-13(15)12-8-6-5-7-9-12/h1-10,13,15H,(H,16,17);5-9H,3-4,10-11H2,1-2H3/p+1. The highest BCUT2D eigenvalue weighted by Gasteiger charge is 2.18. The van der Waals surface area contributed by atoms with Gasteiger partial charge in [0.05, 0.1) is 13.6 Å². The lowest BCUT2D eigenvalue weighted by Crippen LogP contribution is -3.09. The number of para-hydroxylation sites is 1. The van der Waals surface area contributed by atoms with Crippen molar-refractivity contribution < 1.29 is 19.6 Å². The highest BCUT2D eigenvalue weighted by molar-refractivity contribution is 5.96. The Hall–Kier alpha value is -3.44. The van der Waals surface area contributed by atoms with Crippen molar-refractivity contribution >= 4 is 17.4 Å². The van der Waals surface area contributed by atoms with E-state index in [-0.39, 0.29) is 5.78 Å². The molecule has 3 N–H and O–H groups in total. The van der Waals surface area contributed by atoms with Crippen LogP contribution >= 0.6 is 0 Å². The summed E-state index contributed by atoms with van der Waals surface area (Å²) >= 11 is 0. The van der Waals surface area contributed by atoms with Crippen LogP contribution in [0.25, 0.3) is 0 Å². The Morgan fingerprint density at radius 1 is 0.875 bits per heavy atom. The second-order valence-corrected chi connectivity index (χ2v) is 7.72. The van der Waals surface area contributed by atoms with Gasteiger partial charge in [-0.05, 0) is 24.1 Å². The molecule has 0 radical (unpaired) electrons. The molecule has 0 spiro atoms. The summed E-state index contributed by atoms with van der Waals surface area (Å²) in [7, 11) is 2.08. The predicted molar refractivity (Wildman–Crippen MR) is 129 cm³/mol. The number of hydrogen-bond acceptors (Lipinski definition) is 3. The zero-order valence-electron chi connectivity index (χ0n) is 18.8. The number of carbonyl (C=O) groups excluding carboxylic acids is 1. The first-order chi connectivity index (χ1) is 15.5. The van der Waals surface area contributed by atoms with Crippen LogP contribution in [0.15, 0.2) is 91.0 Å². The Bertz CT molecular complexity index is 931. The summed E-state index contributed by atoms with van der Waals surface area (Å²) in [5, 5.41) is 12.2. The van der Waals surface area contributed by atoms with Crippen LogP contribution in [-0.2, 0) is 4.79 Å². The average molecular weight is 434 g/mol. The molecule has 0 aliphatic carbocycles. The molecule has 0 aliphatic rings. The number of benzene rings is 3. The number of Topliss-reactive ketones (excluding diaryl/α,β-unsaturated/α-hetero) is 1. The molecule has 5 heteroatoms. The first kappa shape index (κ1) is 24.8. The van der Waals surface area contributed by atoms with E-state index in [1.54, 1.807) is 12.1 Å². The molecule has 2 atom stereocenters. The minimum absolute atomic E-state index is 0.240. The van der Waals surface area contributed by atoms with Gasteiger partial charge in [0.25, 0.3) is 0 Å². The monoisotopic (exact) mass is 433 g/mol. The number of carboxylic acids is 1.